The monoisotopic (exact) mass is 335 g/mol. The third-order valence-corrected chi connectivity index (χ3v) is 3.24. The molecule has 0 fully saturated rings. The molecule has 0 saturated heterocycles. The van der Waals surface area contributed by atoms with Gasteiger partial charge in [-0.15, -0.1) is 5.10 Å². The van der Waals surface area contributed by atoms with Crippen molar-refractivity contribution in [2.75, 3.05) is 5.32 Å². The molecule has 3 rings (SSSR count). The standard InChI is InChI=1S/C15H12F3N5O/c16-15(17,18)13-20-14(22-21-13)19-12(24)11-7-4-8-23(11)9-10-5-2-1-3-6-10/h1-8H,9H2,(H2,19,20,21,22,24). The molecule has 0 radical (unpaired) electrons. The van der Waals surface area contributed by atoms with Gasteiger partial charge in [0.25, 0.3) is 5.91 Å². The fourth-order valence-electron chi connectivity index (χ4n) is 2.15. The summed E-state index contributed by atoms with van der Waals surface area (Å²) in [6, 6.07) is 12.7. The van der Waals surface area contributed by atoms with E-state index in [9.17, 15) is 18.0 Å². The van der Waals surface area contributed by atoms with Crippen LogP contribution in [0, 0.1) is 0 Å². The van der Waals surface area contributed by atoms with Crippen LogP contribution < -0.4 is 5.32 Å². The lowest BCUT2D eigenvalue weighted by Crippen LogP contribution is -2.18. The largest absolute Gasteiger partial charge is 0.451 e. The highest BCUT2D eigenvalue weighted by atomic mass is 19.4. The molecular formula is C15H12F3N5O. The highest BCUT2D eigenvalue weighted by Crippen LogP contribution is 2.26. The molecule has 2 N–H and O–H groups in total. The van der Waals surface area contributed by atoms with Gasteiger partial charge in [0.15, 0.2) is 0 Å². The molecule has 0 aliphatic rings. The number of hydrogen-bond acceptors (Lipinski definition) is 3. The maximum absolute atomic E-state index is 12.5. The molecular weight excluding hydrogens is 323 g/mol. The quantitative estimate of drug-likeness (QED) is 0.770. The summed E-state index contributed by atoms with van der Waals surface area (Å²) >= 11 is 0. The average Bonchev–Trinajstić information content (AvgIpc) is 3.17. The first-order chi connectivity index (χ1) is 11.4. The van der Waals surface area contributed by atoms with E-state index >= 15 is 0 Å². The lowest BCUT2D eigenvalue weighted by atomic mass is 10.2. The number of amides is 1. The number of halogens is 3. The van der Waals surface area contributed by atoms with Crippen LogP contribution in [-0.2, 0) is 12.7 Å². The zero-order valence-electron chi connectivity index (χ0n) is 12.2. The predicted molar refractivity (Wildman–Crippen MR) is 79.3 cm³/mol. The number of hydrogen-bond donors (Lipinski definition) is 2. The number of nitrogens with one attached hydrogen (secondary N) is 2. The minimum absolute atomic E-state index is 0.289. The van der Waals surface area contributed by atoms with Crippen molar-refractivity contribution in [1.82, 2.24) is 19.7 Å². The summed E-state index contributed by atoms with van der Waals surface area (Å²) in [5, 5.41) is 7.34. The second kappa shape index (κ2) is 6.19. The maximum Gasteiger partial charge on any atom is 0.451 e. The molecule has 0 aliphatic heterocycles. The highest BCUT2D eigenvalue weighted by Gasteiger charge is 2.35. The SMILES string of the molecule is O=C(Nc1n[nH]c(C(F)(F)F)n1)c1cccn1Cc1ccccc1. The molecule has 2 heterocycles. The molecule has 1 amide bonds. The van der Waals surface area contributed by atoms with Gasteiger partial charge in [-0.05, 0) is 17.7 Å². The fourth-order valence-corrected chi connectivity index (χ4v) is 2.15. The molecule has 3 aromatic rings. The Kier molecular flexibility index (Phi) is 4.07. The molecule has 6 nitrogen and oxygen atoms in total. The van der Waals surface area contributed by atoms with E-state index < -0.39 is 23.9 Å². The van der Waals surface area contributed by atoms with E-state index in [0.717, 1.165) is 5.56 Å². The van der Waals surface area contributed by atoms with Crippen LogP contribution in [0.5, 0.6) is 0 Å². The summed E-state index contributed by atoms with van der Waals surface area (Å²) < 4.78 is 39.1. The average molecular weight is 335 g/mol. The highest BCUT2D eigenvalue weighted by molar-refractivity contribution is 6.02. The van der Waals surface area contributed by atoms with Crippen LogP contribution >= 0.6 is 0 Å². The molecule has 24 heavy (non-hydrogen) atoms. The summed E-state index contributed by atoms with van der Waals surface area (Å²) in [6.45, 7) is 0.457. The van der Waals surface area contributed by atoms with Crippen molar-refractivity contribution < 1.29 is 18.0 Å². The molecule has 0 saturated carbocycles. The zero-order chi connectivity index (χ0) is 17.2. The van der Waals surface area contributed by atoms with Crippen molar-refractivity contribution >= 4 is 11.9 Å². The first kappa shape index (κ1) is 15.8. The van der Waals surface area contributed by atoms with Gasteiger partial charge in [-0.1, -0.05) is 30.3 Å². The summed E-state index contributed by atoms with van der Waals surface area (Å²) in [6.07, 6.45) is -2.94. The Hall–Kier alpha value is -3.10. The minimum Gasteiger partial charge on any atom is -0.339 e. The molecule has 124 valence electrons. The van der Waals surface area contributed by atoms with Crippen molar-refractivity contribution in [3.05, 3.63) is 65.7 Å². The summed E-state index contributed by atoms with van der Waals surface area (Å²) in [5.74, 6) is -2.29. The fraction of sp³-hybridized carbons (Fsp3) is 0.133. The molecule has 0 bridgehead atoms. The third kappa shape index (κ3) is 3.45. The topological polar surface area (TPSA) is 75.6 Å². The zero-order valence-corrected chi connectivity index (χ0v) is 12.2. The van der Waals surface area contributed by atoms with Gasteiger partial charge in [-0.2, -0.15) is 18.2 Å². The van der Waals surface area contributed by atoms with Gasteiger partial charge < -0.3 is 4.57 Å². The Bertz CT molecular complexity index is 838. The van der Waals surface area contributed by atoms with E-state index in [1.165, 1.54) is 0 Å². The number of carbonyl (C=O) groups is 1. The summed E-state index contributed by atoms with van der Waals surface area (Å²) in [5.41, 5.74) is 1.28. The van der Waals surface area contributed by atoms with Gasteiger partial charge >= 0.3 is 6.18 Å². The Labute approximate surface area is 134 Å². The lowest BCUT2D eigenvalue weighted by Gasteiger charge is -2.08. The van der Waals surface area contributed by atoms with Gasteiger partial charge in [0.1, 0.15) is 5.69 Å². The number of anilines is 1. The normalized spacial score (nSPS) is 11.5. The van der Waals surface area contributed by atoms with Crippen molar-refractivity contribution in [1.29, 1.82) is 0 Å². The number of H-pyrrole nitrogens is 1. The van der Waals surface area contributed by atoms with Crippen molar-refractivity contribution in [2.45, 2.75) is 12.7 Å². The number of nitrogens with zero attached hydrogens (tertiary/aromatic N) is 3. The van der Waals surface area contributed by atoms with Crippen LogP contribution in [-0.4, -0.2) is 25.7 Å². The van der Waals surface area contributed by atoms with Crippen LogP contribution in [0.25, 0.3) is 0 Å². The van der Waals surface area contributed by atoms with Crippen LogP contribution in [0.2, 0.25) is 0 Å². The third-order valence-electron chi connectivity index (χ3n) is 3.24. The lowest BCUT2D eigenvalue weighted by molar-refractivity contribution is -0.144. The number of aromatic nitrogens is 4. The first-order valence-electron chi connectivity index (χ1n) is 6.93. The molecule has 1 aromatic carbocycles. The number of carbonyl (C=O) groups excluding carboxylic acids is 1. The van der Waals surface area contributed by atoms with Crippen LogP contribution in [0.4, 0.5) is 19.1 Å². The van der Waals surface area contributed by atoms with Gasteiger partial charge in [0.2, 0.25) is 11.8 Å². The smallest absolute Gasteiger partial charge is 0.339 e. The number of alkyl halides is 3. The molecule has 0 spiro atoms. The van der Waals surface area contributed by atoms with Gasteiger partial charge in [0, 0.05) is 12.7 Å². The summed E-state index contributed by atoms with van der Waals surface area (Å²) in [4.78, 5) is 15.5. The summed E-state index contributed by atoms with van der Waals surface area (Å²) in [7, 11) is 0. The number of aromatic amines is 1. The molecule has 0 atom stereocenters. The second-order valence-corrected chi connectivity index (χ2v) is 4.97. The van der Waals surface area contributed by atoms with Crippen molar-refractivity contribution in [2.24, 2.45) is 0 Å². The number of rotatable bonds is 4. The van der Waals surface area contributed by atoms with Crippen LogP contribution in [0.1, 0.15) is 21.9 Å². The number of benzene rings is 1. The first-order valence-corrected chi connectivity index (χ1v) is 6.93. The van der Waals surface area contributed by atoms with E-state index in [1.807, 2.05) is 30.3 Å². The Morgan fingerprint density at radius 3 is 2.58 bits per heavy atom. The van der Waals surface area contributed by atoms with E-state index in [1.54, 1.807) is 28.0 Å². The van der Waals surface area contributed by atoms with Crippen molar-refractivity contribution in [3.8, 4) is 0 Å². The van der Waals surface area contributed by atoms with E-state index in [0.29, 0.717) is 6.54 Å². The molecule has 2 aromatic heterocycles. The predicted octanol–water partition coefficient (Wildman–Crippen LogP) is 2.93. The van der Waals surface area contributed by atoms with Gasteiger partial charge in [-0.25, -0.2) is 0 Å². The van der Waals surface area contributed by atoms with Crippen LogP contribution in [0.3, 0.4) is 0 Å². The Balaban J connectivity index is 1.74. The van der Waals surface area contributed by atoms with E-state index in [2.05, 4.69) is 15.4 Å². The van der Waals surface area contributed by atoms with Crippen molar-refractivity contribution in [3.63, 3.8) is 0 Å². The Morgan fingerprint density at radius 1 is 1.17 bits per heavy atom. The molecule has 0 unspecified atom stereocenters. The van der Waals surface area contributed by atoms with E-state index in [-0.39, 0.29) is 5.69 Å². The maximum atomic E-state index is 12.5. The second-order valence-electron chi connectivity index (χ2n) is 4.97. The van der Waals surface area contributed by atoms with E-state index in [4.69, 9.17) is 0 Å². The molecule has 9 heteroatoms. The Morgan fingerprint density at radius 2 is 1.92 bits per heavy atom. The van der Waals surface area contributed by atoms with Gasteiger partial charge in [0.05, 0.1) is 0 Å². The van der Waals surface area contributed by atoms with Crippen LogP contribution in [0.15, 0.2) is 48.7 Å². The minimum atomic E-state index is -4.65. The molecule has 0 aliphatic carbocycles. The van der Waals surface area contributed by atoms with Gasteiger partial charge in [-0.3, -0.25) is 15.2 Å².